The van der Waals surface area contributed by atoms with Crippen LogP contribution in [0.2, 0.25) is 0 Å². The van der Waals surface area contributed by atoms with Crippen LogP contribution in [0.15, 0.2) is 24.3 Å². The number of hydrogen-bond acceptors (Lipinski definition) is 4. The van der Waals surface area contributed by atoms with Crippen molar-refractivity contribution in [3.63, 3.8) is 0 Å². The number of piperidine rings is 1. The van der Waals surface area contributed by atoms with Gasteiger partial charge in [-0.1, -0.05) is 44.2 Å². The lowest BCUT2D eigenvalue weighted by Crippen LogP contribution is -2.39. The van der Waals surface area contributed by atoms with Gasteiger partial charge >= 0.3 is 0 Å². The van der Waals surface area contributed by atoms with E-state index in [-0.39, 0.29) is 23.6 Å². The zero-order chi connectivity index (χ0) is 21.2. The van der Waals surface area contributed by atoms with Crippen LogP contribution in [0.3, 0.4) is 0 Å². The summed E-state index contributed by atoms with van der Waals surface area (Å²) < 4.78 is 0. The summed E-state index contributed by atoms with van der Waals surface area (Å²) >= 11 is 0. The molecule has 1 saturated heterocycles. The molecular formula is C24H35N3O3. The second kappa shape index (κ2) is 11.8. The Balaban J connectivity index is 1.27. The van der Waals surface area contributed by atoms with Gasteiger partial charge in [0.2, 0.25) is 17.7 Å². The molecule has 1 unspecified atom stereocenters. The Morgan fingerprint density at radius 3 is 2.40 bits per heavy atom. The molecule has 30 heavy (non-hydrogen) atoms. The smallest absolute Gasteiger partial charge is 0.234 e. The summed E-state index contributed by atoms with van der Waals surface area (Å²) in [6.45, 7) is 1.09. The van der Waals surface area contributed by atoms with Gasteiger partial charge in [0, 0.05) is 24.6 Å². The molecule has 0 spiro atoms. The molecular weight excluding hydrogens is 378 g/mol. The first-order valence-corrected chi connectivity index (χ1v) is 11.6. The van der Waals surface area contributed by atoms with Crippen molar-refractivity contribution in [2.24, 2.45) is 0 Å². The Kier molecular flexibility index (Phi) is 8.87. The lowest BCUT2D eigenvalue weighted by molar-refractivity contribution is -0.134. The summed E-state index contributed by atoms with van der Waals surface area (Å²) in [5, 5.41) is 8.98. The maximum atomic E-state index is 12.2. The van der Waals surface area contributed by atoms with E-state index in [0.29, 0.717) is 19.3 Å². The van der Waals surface area contributed by atoms with Gasteiger partial charge in [0.05, 0.1) is 5.92 Å². The van der Waals surface area contributed by atoms with Gasteiger partial charge in [-0.3, -0.25) is 19.7 Å². The Morgan fingerprint density at radius 1 is 0.933 bits per heavy atom. The molecule has 164 valence electrons. The van der Waals surface area contributed by atoms with E-state index in [1.165, 1.54) is 38.5 Å². The second-order valence-electron chi connectivity index (χ2n) is 8.63. The molecule has 6 nitrogen and oxygen atoms in total. The Hall–Kier alpha value is -2.21. The van der Waals surface area contributed by atoms with E-state index in [1.54, 1.807) is 0 Å². The third kappa shape index (κ3) is 7.24. The first-order valence-electron chi connectivity index (χ1n) is 11.6. The van der Waals surface area contributed by atoms with E-state index in [2.05, 4.69) is 16.0 Å². The summed E-state index contributed by atoms with van der Waals surface area (Å²) in [7, 11) is 0. The maximum absolute atomic E-state index is 12.2. The highest BCUT2D eigenvalue weighted by molar-refractivity contribution is 6.01. The Bertz CT molecular complexity index is 711. The predicted molar refractivity (Wildman–Crippen MR) is 118 cm³/mol. The number of benzene rings is 1. The largest absolute Gasteiger partial charge is 0.326 e. The predicted octanol–water partition coefficient (Wildman–Crippen LogP) is 4.02. The summed E-state index contributed by atoms with van der Waals surface area (Å²) in [6.07, 6.45) is 12.5. The third-order valence-electron chi connectivity index (χ3n) is 6.20. The lowest BCUT2D eigenvalue weighted by Gasteiger charge is -2.22. The van der Waals surface area contributed by atoms with Gasteiger partial charge in [0.1, 0.15) is 0 Å². The highest BCUT2D eigenvalue weighted by atomic mass is 16.2. The molecule has 1 aromatic carbocycles. The highest BCUT2D eigenvalue weighted by Crippen LogP contribution is 2.26. The lowest BCUT2D eigenvalue weighted by atomic mass is 9.90. The SMILES string of the molecule is O=C1CCC(c2ccc(NC(=O)CCCCCCNC3CCCCC3)cc2)C(=O)N1. The second-order valence-corrected chi connectivity index (χ2v) is 8.63. The number of carbonyl (C=O) groups excluding carboxylic acids is 3. The fraction of sp³-hybridized carbons (Fsp3) is 0.625. The first-order chi connectivity index (χ1) is 14.6. The number of carbonyl (C=O) groups is 3. The molecule has 0 radical (unpaired) electrons. The van der Waals surface area contributed by atoms with Crippen LogP contribution in [0.4, 0.5) is 5.69 Å². The minimum atomic E-state index is -0.292. The Labute approximate surface area is 179 Å². The zero-order valence-corrected chi connectivity index (χ0v) is 17.9. The van der Waals surface area contributed by atoms with Crippen molar-refractivity contribution in [3.05, 3.63) is 29.8 Å². The standard InChI is InChI=1S/C24H35N3O3/c28-22(10-6-1-2-7-17-25-19-8-4-3-5-9-19)26-20-13-11-18(12-14-20)21-15-16-23(29)27-24(21)30/h11-14,19,21,25H,1-10,15-17H2,(H,26,28)(H,27,29,30). The van der Waals surface area contributed by atoms with Crippen LogP contribution in [0.1, 0.15) is 88.5 Å². The fourth-order valence-electron chi connectivity index (χ4n) is 4.41. The van der Waals surface area contributed by atoms with Gasteiger partial charge in [-0.15, -0.1) is 0 Å². The van der Waals surface area contributed by atoms with Crippen molar-refractivity contribution in [2.75, 3.05) is 11.9 Å². The molecule has 3 amide bonds. The van der Waals surface area contributed by atoms with Crippen molar-refractivity contribution in [1.82, 2.24) is 10.6 Å². The number of anilines is 1. The van der Waals surface area contributed by atoms with Crippen molar-refractivity contribution < 1.29 is 14.4 Å². The van der Waals surface area contributed by atoms with E-state index in [1.807, 2.05) is 24.3 Å². The Morgan fingerprint density at radius 2 is 1.67 bits per heavy atom. The quantitative estimate of drug-likeness (QED) is 0.399. The van der Waals surface area contributed by atoms with Crippen LogP contribution in [0.25, 0.3) is 0 Å². The van der Waals surface area contributed by atoms with Gasteiger partial charge in [0.25, 0.3) is 0 Å². The van der Waals surface area contributed by atoms with Crippen molar-refractivity contribution >= 4 is 23.4 Å². The normalized spacial score (nSPS) is 20.1. The number of imide groups is 1. The molecule has 1 aliphatic heterocycles. The van der Waals surface area contributed by atoms with Gasteiger partial charge in [-0.25, -0.2) is 0 Å². The number of amides is 3. The molecule has 1 saturated carbocycles. The molecule has 1 aromatic rings. The van der Waals surface area contributed by atoms with Gasteiger partial charge in [-0.2, -0.15) is 0 Å². The average Bonchev–Trinajstić information content (AvgIpc) is 2.74. The van der Waals surface area contributed by atoms with E-state index in [0.717, 1.165) is 43.1 Å². The summed E-state index contributed by atoms with van der Waals surface area (Å²) in [6, 6.07) is 8.09. The summed E-state index contributed by atoms with van der Waals surface area (Å²) in [5.74, 6) is -0.707. The molecule has 0 bridgehead atoms. The minimum absolute atomic E-state index is 0.0316. The topological polar surface area (TPSA) is 87.3 Å². The van der Waals surface area contributed by atoms with Crippen molar-refractivity contribution in [2.45, 2.75) is 89.0 Å². The first kappa shape index (κ1) is 22.5. The van der Waals surface area contributed by atoms with Crippen LogP contribution in [0.5, 0.6) is 0 Å². The number of hydrogen-bond donors (Lipinski definition) is 3. The monoisotopic (exact) mass is 413 g/mol. The van der Waals surface area contributed by atoms with E-state index in [9.17, 15) is 14.4 Å². The molecule has 6 heteroatoms. The van der Waals surface area contributed by atoms with Crippen molar-refractivity contribution in [1.29, 1.82) is 0 Å². The molecule has 0 aromatic heterocycles. The van der Waals surface area contributed by atoms with Crippen LogP contribution in [-0.4, -0.2) is 30.3 Å². The minimum Gasteiger partial charge on any atom is -0.326 e. The van der Waals surface area contributed by atoms with Gasteiger partial charge in [-0.05, 0) is 56.3 Å². The van der Waals surface area contributed by atoms with E-state index >= 15 is 0 Å². The number of unbranched alkanes of at least 4 members (excludes halogenated alkanes) is 3. The fourth-order valence-corrected chi connectivity index (χ4v) is 4.41. The number of rotatable bonds is 10. The van der Waals surface area contributed by atoms with Gasteiger partial charge < -0.3 is 10.6 Å². The average molecular weight is 414 g/mol. The van der Waals surface area contributed by atoms with Crippen LogP contribution < -0.4 is 16.0 Å². The molecule has 2 aliphatic rings. The summed E-state index contributed by atoms with van der Waals surface area (Å²) in [4.78, 5) is 35.4. The van der Waals surface area contributed by atoms with Crippen LogP contribution in [0, 0.1) is 0 Å². The van der Waals surface area contributed by atoms with Crippen LogP contribution >= 0.6 is 0 Å². The maximum Gasteiger partial charge on any atom is 0.234 e. The van der Waals surface area contributed by atoms with Crippen LogP contribution in [-0.2, 0) is 14.4 Å². The molecule has 3 N–H and O–H groups in total. The molecule has 2 fully saturated rings. The zero-order valence-electron chi connectivity index (χ0n) is 17.9. The molecule has 3 rings (SSSR count). The molecule has 1 atom stereocenters. The summed E-state index contributed by atoms with van der Waals surface area (Å²) in [5.41, 5.74) is 1.62. The molecule has 1 aliphatic carbocycles. The number of nitrogens with one attached hydrogen (secondary N) is 3. The molecule has 1 heterocycles. The third-order valence-corrected chi connectivity index (χ3v) is 6.20. The van der Waals surface area contributed by atoms with E-state index < -0.39 is 0 Å². The van der Waals surface area contributed by atoms with Crippen molar-refractivity contribution in [3.8, 4) is 0 Å². The highest BCUT2D eigenvalue weighted by Gasteiger charge is 2.27. The van der Waals surface area contributed by atoms with Gasteiger partial charge in [0.15, 0.2) is 0 Å². The van der Waals surface area contributed by atoms with E-state index in [4.69, 9.17) is 0 Å².